The van der Waals surface area contributed by atoms with E-state index in [4.69, 9.17) is 0 Å². The minimum absolute atomic E-state index is 0. The molecule has 29 heavy (non-hydrogen) atoms. The second-order valence-corrected chi connectivity index (χ2v) is 7.79. The number of rotatable bonds is 0. The van der Waals surface area contributed by atoms with Crippen LogP contribution in [0, 0.1) is 55.1 Å². The normalized spacial score (nSPS) is 17.1. The van der Waals surface area contributed by atoms with Crippen LogP contribution < -0.4 is 0 Å². The van der Waals surface area contributed by atoms with Crippen LogP contribution in [0.3, 0.4) is 0 Å². The summed E-state index contributed by atoms with van der Waals surface area (Å²) in [6.45, 7) is 16.4. The van der Waals surface area contributed by atoms with Crippen molar-refractivity contribution in [2.24, 2.45) is 0 Å². The van der Waals surface area contributed by atoms with Crippen LogP contribution in [0.2, 0.25) is 0 Å². The molecule has 3 nitrogen and oxygen atoms in total. The van der Waals surface area contributed by atoms with Gasteiger partial charge in [0.15, 0.2) is 0 Å². The zero-order valence-electron chi connectivity index (χ0n) is 19.5. The van der Waals surface area contributed by atoms with Gasteiger partial charge in [-0.15, -0.1) is 13.1 Å². The molecule has 4 heteroatoms. The third-order valence-corrected chi connectivity index (χ3v) is 5.40. The van der Waals surface area contributed by atoms with Crippen molar-refractivity contribution in [2.45, 2.75) is 79.4 Å². The van der Waals surface area contributed by atoms with Crippen molar-refractivity contribution in [3.63, 3.8) is 0 Å². The van der Waals surface area contributed by atoms with E-state index in [9.17, 15) is 0 Å². The molecule has 5 rings (SSSR count). The summed E-state index contributed by atoms with van der Waals surface area (Å²) in [4.78, 5) is 7.07. The Bertz CT molecular complexity index is 769. The first-order valence-corrected chi connectivity index (χ1v) is 10.9. The van der Waals surface area contributed by atoms with Gasteiger partial charge < -0.3 is 10.2 Å². The number of aromatic nitrogens is 1. The molecule has 157 valence electrons. The summed E-state index contributed by atoms with van der Waals surface area (Å²) in [5, 5.41) is 4.29. The molecule has 3 heterocycles. The van der Waals surface area contributed by atoms with Crippen LogP contribution in [0.1, 0.15) is 74.0 Å². The molecule has 0 amide bonds. The molecule has 0 unspecified atom stereocenters. The standard InChI is InChI=1S/C12H16N2.C9H10N.2C2H6.Pr/c1-9-5-10-7-14(2)8-12(3-4-12)11(10)13-6-9;1-7-2-3-8-5-10-6-9(8)4-7;2*1-2;/h5-6H,3-4,7-8H2,1-2H3;2-4H,5-6H2,1H3;2*1-2H3;/q;-1;;;. The van der Waals surface area contributed by atoms with E-state index < -0.39 is 0 Å². The molecule has 2 aliphatic heterocycles. The van der Waals surface area contributed by atoms with Gasteiger partial charge >= 0.3 is 0 Å². The van der Waals surface area contributed by atoms with Gasteiger partial charge in [-0.2, -0.15) is 0 Å². The van der Waals surface area contributed by atoms with Crippen LogP contribution in [0.4, 0.5) is 0 Å². The fraction of sp³-hybridized carbons (Fsp3) is 0.560. The molecule has 1 radical (unpaired) electrons. The van der Waals surface area contributed by atoms with Crippen molar-refractivity contribution in [1.82, 2.24) is 9.88 Å². The predicted octanol–water partition coefficient (Wildman–Crippen LogP) is 6.30. The summed E-state index contributed by atoms with van der Waals surface area (Å²) in [5.74, 6) is 0. The maximum absolute atomic E-state index is 4.64. The van der Waals surface area contributed by atoms with Crippen molar-refractivity contribution in [2.75, 3.05) is 13.6 Å². The first-order chi connectivity index (χ1) is 13.6. The largest absolute Gasteiger partial charge is 0.655 e. The van der Waals surface area contributed by atoms with Gasteiger partial charge in [-0.25, -0.2) is 0 Å². The fourth-order valence-electron chi connectivity index (χ4n) is 4.06. The smallest absolute Gasteiger partial charge is 0.0523 e. The van der Waals surface area contributed by atoms with Gasteiger partial charge in [0.1, 0.15) is 0 Å². The van der Waals surface area contributed by atoms with Gasteiger partial charge in [-0.1, -0.05) is 68.7 Å². The average molecular weight is 522 g/mol. The van der Waals surface area contributed by atoms with E-state index in [0.717, 1.165) is 19.6 Å². The Morgan fingerprint density at radius 2 is 1.52 bits per heavy atom. The fourth-order valence-corrected chi connectivity index (χ4v) is 4.06. The van der Waals surface area contributed by atoms with E-state index in [1.807, 2.05) is 33.9 Å². The summed E-state index contributed by atoms with van der Waals surface area (Å²) in [7, 11) is 2.21. The molecule has 2 aromatic rings. The second kappa shape index (κ2) is 12.5. The van der Waals surface area contributed by atoms with Crippen LogP contribution in [0.25, 0.3) is 5.32 Å². The summed E-state index contributed by atoms with van der Waals surface area (Å²) >= 11 is 0. The molecule has 1 aliphatic carbocycles. The molecule has 0 bridgehead atoms. The van der Waals surface area contributed by atoms with Crippen LogP contribution in [0.5, 0.6) is 0 Å². The summed E-state index contributed by atoms with van der Waals surface area (Å²) in [5.41, 5.74) is 8.74. The minimum atomic E-state index is 0. The van der Waals surface area contributed by atoms with E-state index in [1.165, 1.54) is 52.9 Å². The third-order valence-electron chi connectivity index (χ3n) is 5.40. The summed E-state index contributed by atoms with van der Waals surface area (Å²) < 4.78 is 0. The summed E-state index contributed by atoms with van der Waals surface area (Å²) in [6.07, 6.45) is 4.69. The number of benzene rings is 1. The van der Waals surface area contributed by atoms with Crippen LogP contribution >= 0.6 is 0 Å². The molecule has 1 aromatic heterocycles. The zero-order valence-corrected chi connectivity index (χ0v) is 23.3. The van der Waals surface area contributed by atoms with Crippen molar-refractivity contribution >= 4 is 0 Å². The molecule has 0 saturated heterocycles. The number of likely N-dealkylation sites (N-methyl/N-ethyl adjacent to an activating group) is 1. The maximum atomic E-state index is 4.64. The van der Waals surface area contributed by atoms with E-state index in [1.54, 1.807) is 0 Å². The van der Waals surface area contributed by atoms with Gasteiger partial charge in [0, 0.05) is 66.0 Å². The maximum Gasteiger partial charge on any atom is 0.0523 e. The molecule has 1 aromatic carbocycles. The van der Waals surface area contributed by atoms with Crippen molar-refractivity contribution in [3.8, 4) is 0 Å². The third kappa shape index (κ3) is 6.82. The summed E-state index contributed by atoms with van der Waals surface area (Å²) in [6, 6.07) is 8.87. The quantitative estimate of drug-likeness (QED) is 0.407. The van der Waals surface area contributed by atoms with E-state index >= 15 is 0 Å². The SMILES string of the molecule is CC.CC.Cc1ccc2c(c1)C[N-]C2.Cc1cnc2c(c1)CN(C)CC21CC1.[Pr]. The molecule has 0 N–H and O–H groups in total. The number of nitrogens with zero attached hydrogens (tertiary/aromatic N) is 3. The first kappa shape index (κ1) is 26.7. The van der Waals surface area contributed by atoms with Gasteiger partial charge in [-0.3, -0.25) is 4.98 Å². The molecular formula is C25H38N3Pr-. The average Bonchev–Trinajstić information content (AvgIpc) is 3.29. The van der Waals surface area contributed by atoms with Crippen LogP contribution in [-0.4, -0.2) is 23.5 Å². The minimum Gasteiger partial charge on any atom is -0.655 e. The van der Waals surface area contributed by atoms with Crippen LogP contribution in [-0.2, 0) is 25.0 Å². The Balaban J connectivity index is 0.000000249. The number of pyridine rings is 1. The van der Waals surface area contributed by atoms with Crippen LogP contribution in [0.15, 0.2) is 30.5 Å². The zero-order chi connectivity index (χ0) is 20.7. The number of hydrogen-bond acceptors (Lipinski definition) is 2. The Kier molecular flexibility index (Phi) is 11.5. The Morgan fingerprint density at radius 3 is 2.17 bits per heavy atom. The van der Waals surface area contributed by atoms with Gasteiger partial charge in [-0.05, 0) is 44.9 Å². The number of hydrogen-bond donors (Lipinski definition) is 0. The topological polar surface area (TPSA) is 30.2 Å². The predicted molar refractivity (Wildman–Crippen MR) is 121 cm³/mol. The van der Waals surface area contributed by atoms with E-state index in [2.05, 4.69) is 60.4 Å². The molecule has 1 spiro atoms. The first-order valence-electron chi connectivity index (χ1n) is 10.9. The molecule has 1 saturated carbocycles. The van der Waals surface area contributed by atoms with E-state index in [-0.39, 0.29) is 41.3 Å². The van der Waals surface area contributed by atoms with Crippen molar-refractivity contribution < 1.29 is 41.3 Å². The second-order valence-electron chi connectivity index (χ2n) is 7.79. The molecular weight excluding hydrogens is 483 g/mol. The van der Waals surface area contributed by atoms with Gasteiger partial charge in [0.05, 0.1) is 5.69 Å². The molecule has 3 aliphatic rings. The van der Waals surface area contributed by atoms with Crippen molar-refractivity contribution in [1.29, 1.82) is 0 Å². The van der Waals surface area contributed by atoms with Gasteiger partial charge in [0.25, 0.3) is 0 Å². The monoisotopic (exact) mass is 521 g/mol. The molecule has 0 atom stereocenters. The van der Waals surface area contributed by atoms with E-state index in [0.29, 0.717) is 5.41 Å². The Morgan fingerprint density at radius 1 is 0.897 bits per heavy atom. The Hall–Kier alpha value is -0.346. The van der Waals surface area contributed by atoms with Gasteiger partial charge in [0.2, 0.25) is 0 Å². The molecule has 1 fully saturated rings. The number of fused-ring (bicyclic) bond motifs is 3. The number of aryl methyl sites for hydroxylation is 2. The van der Waals surface area contributed by atoms with Crippen molar-refractivity contribution in [3.05, 3.63) is 69.3 Å². The Labute approximate surface area is 212 Å².